The molecule has 80 valence electrons. The predicted molar refractivity (Wildman–Crippen MR) is 72.4 cm³/mol. The molecule has 1 heterocycles. The van der Waals surface area contributed by atoms with Crippen molar-refractivity contribution in [1.29, 1.82) is 0 Å². The molecule has 1 aromatic rings. The van der Waals surface area contributed by atoms with Gasteiger partial charge in [-0.15, -0.1) is 0 Å². The van der Waals surface area contributed by atoms with E-state index in [0.717, 1.165) is 12.5 Å². The fourth-order valence-corrected chi connectivity index (χ4v) is 3.19. The highest BCUT2D eigenvalue weighted by Gasteiger charge is 2.29. The maximum absolute atomic E-state index is 3.68. The first kappa shape index (κ1) is 9.75. The van der Waals surface area contributed by atoms with Crippen LogP contribution in [0.5, 0.6) is 0 Å². The minimum atomic E-state index is 0.693. The van der Waals surface area contributed by atoms with E-state index in [1.165, 1.54) is 34.2 Å². The quantitative estimate of drug-likeness (QED) is 0.718. The van der Waals surface area contributed by atoms with Gasteiger partial charge in [0.05, 0.1) is 11.4 Å². The lowest BCUT2D eigenvalue weighted by Gasteiger charge is -2.17. The molecule has 2 atom stereocenters. The highest BCUT2D eigenvalue weighted by Crippen LogP contribution is 2.35. The third kappa shape index (κ3) is 1.82. The van der Waals surface area contributed by atoms with E-state index in [2.05, 4.69) is 51.4 Å². The number of benzene rings is 1. The van der Waals surface area contributed by atoms with Gasteiger partial charge in [-0.1, -0.05) is 6.42 Å². The Morgan fingerprint density at radius 2 is 2.13 bits per heavy atom. The van der Waals surface area contributed by atoms with Crippen LogP contribution < -0.4 is 10.6 Å². The number of rotatable bonds is 0. The van der Waals surface area contributed by atoms with Gasteiger partial charge >= 0.3 is 0 Å². The molecule has 3 heteroatoms. The van der Waals surface area contributed by atoms with Crippen LogP contribution in [0, 0.1) is 9.49 Å². The molecule has 1 aliphatic heterocycles. The van der Waals surface area contributed by atoms with Crippen LogP contribution in [0.1, 0.15) is 19.3 Å². The van der Waals surface area contributed by atoms with Gasteiger partial charge in [0, 0.05) is 16.2 Å². The Balaban J connectivity index is 1.93. The normalized spacial score (nSPS) is 28.3. The smallest absolute Gasteiger partial charge is 0.0586 e. The summed E-state index contributed by atoms with van der Waals surface area (Å²) in [5, 5.41) is 7.25. The molecule has 2 N–H and O–H groups in total. The average molecular weight is 314 g/mol. The largest absolute Gasteiger partial charge is 0.383 e. The Hall–Kier alpha value is -0.450. The summed E-state index contributed by atoms with van der Waals surface area (Å²) in [6.07, 6.45) is 4.08. The van der Waals surface area contributed by atoms with Gasteiger partial charge in [-0.3, -0.25) is 0 Å². The topological polar surface area (TPSA) is 24.1 Å². The van der Waals surface area contributed by atoms with Crippen molar-refractivity contribution in [2.45, 2.75) is 25.3 Å². The highest BCUT2D eigenvalue weighted by atomic mass is 127. The lowest BCUT2D eigenvalue weighted by molar-refractivity contribution is 0.537. The van der Waals surface area contributed by atoms with E-state index in [1.54, 1.807) is 0 Å². The van der Waals surface area contributed by atoms with Crippen molar-refractivity contribution in [2.75, 3.05) is 17.2 Å². The molecule has 2 unspecified atom stereocenters. The van der Waals surface area contributed by atoms with Gasteiger partial charge in [0.2, 0.25) is 0 Å². The molecule has 1 aromatic carbocycles. The van der Waals surface area contributed by atoms with Gasteiger partial charge in [-0.05, 0) is 59.5 Å². The summed E-state index contributed by atoms with van der Waals surface area (Å²) in [7, 11) is 0. The third-order valence-corrected chi connectivity index (χ3v) is 4.21. The monoisotopic (exact) mass is 314 g/mol. The van der Waals surface area contributed by atoms with Crippen molar-refractivity contribution in [2.24, 2.45) is 5.92 Å². The zero-order valence-corrected chi connectivity index (χ0v) is 10.8. The molecule has 0 aromatic heterocycles. The first-order valence-corrected chi connectivity index (χ1v) is 6.71. The van der Waals surface area contributed by atoms with Crippen LogP contribution in [0.25, 0.3) is 0 Å². The molecule has 0 radical (unpaired) electrons. The molecule has 15 heavy (non-hydrogen) atoms. The van der Waals surface area contributed by atoms with Gasteiger partial charge < -0.3 is 10.6 Å². The lowest BCUT2D eigenvalue weighted by Crippen LogP contribution is -2.25. The first-order valence-electron chi connectivity index (χ1n) is 5.63. The van der Waals surface area contributed by atoms with E-state index in [0.29, 0.717) is 6.04 Å². The molecule has 1 fully saturated rings. The van der Waals surface area contributed by atoms with Gasteiger partial charge in [0.25, 0.3) is 0 Å². The summed E-state index contributed by atoms with van der Waals surface area (Å²) < 4.78 is 1.30. The minimum absolute atomic E-state index is 0.693. The predicted octanol–water partition coefficient (Wildman–Crippen LogP) is 3.30. The molecule has 3 rings (SSSR count). The number of halogens is 1. The maximum Gasteiger partial charge on any atom is 0.0586 e. The van der Waals surface area contributed by atoms with Crippen LogP contribution in [0.3, 0.4) is 0 Å². The van der Waals surface area contributed by atoms with Crippen LogP contribution in [0.15, 0.2) is 18.2 Å². The fraction of sp³-hybridized carbons (Fsp3) is 0.500. The van der Waals surface area contributed by atoms with E-state index in [-0.39, 0.29) is 0 Å². The van der Waals surface area contributed by atoms with E-state index < -0.39 is 0 Å². The van der Waals surface area contributed by atoms with Crippen LogP contribution >= 0.6 is 22.6 Å². The Morgan fingerprint density at radius 1 is 1.20 bits per heavy atom. The summed E-state index contributed by atoms with van der Waals surface area (Å²) in [5.41, 5.74) is 2.56. The second kappa shape index (κ2) is 3.85. The van der Waals surface area contributed by atoms with Crippen molar-refractivity contribution in [1.82, 2.24) is 0 Å². The second-order valence-corrected chi connectivity index (χ2v) is 5.76. The Morgan fingerprint density at radius 3 is 3.07 bits per heavy atom. The maximum atomic E-state index is 3.68. The molecule has 2 aliphatic rings. The zero-order chi connectivity index (χ0) is 10.3. The molecule has 0 spiro atoms. The molecule has 0 bridgehead atoms. The van der Waals surface area contributed by atoms with E-state index in [1.807, 2.05) is 0 Å². The number of hydrogen-bond donors (Lipinski definition) is 2. The molecule has 0 saturated heterocycles. The van der Waals surface area contributed by atoms with Gasteiger partial charge in [0.1, 0.15) is 0 Å². The Labute approximate surface area is 104 Å². The summed E-state index contributed by atoms with van der Waals surface area (Å²) in [6, 6.07) is 7.29. The number of fused-ring (bicyclic) bond motifs is 2. The van der Waals surface area contributed by atoms with E-state index in [9.17, 15) is 0 Å². The summed E-state index contributed by atoms with van der Waals surface area (Å²) in [6.45, 7) is 1.13. The summed E-state index contributed by atoms with van der Waals surface area (Å²) in [4.78, 5) is 0. The second-order valence-electron chi connectivity index (χ2n) is 4.51. The van der Waals surface area contributed by atoms with E-state index >= 15 is 0 Å². The first-order chi connectivity index (χ1) is 7.33. The number of anilines is 2. The van der Waals surface area contributed by atoms with Crippen molar-refractivity contribution < 1.29 is 0 Å². The van der Waals surface area contributed by atoms with Crippen molar-refractivity contribution in [3.05, 3.63) is 21.8 Å². The van der Waals surface area contributed by atoms with Crippen LogP contribution in [0.2, 0.25) is 0 Å². The fourth-order valence-electron chi connectivity index (χ4n) is 2.70. The van der Waals surface area contributed by atoms with Crippen molar-refractivity contribution >= 4 is 34.0 Å². The summed E-state index contributed by atoms with van der Waals surface area (Å²) >= 11 is 2.36. The molecular formula is C12H15IN2. The van der Waals surface area contributed by atoms with Crippen LogP contribution in [-0.2, 0) is 0 Å². The van der Waals surface area contributed by atoms with Crippen LogP contribution in [0.4, 0.5) is 11.4 Å². The number of hydrogen-bond acceptors (Lipinski definition) is 2. The summed E-state index contributed by atoms with van der Waals surface area (Å²) in [5.74, 6) is 0.815. The Bertz CT molecular complexity index is 378. The van der Waals surface area contributed by atoms with E-state index in [4.69, 9.17) is 0 Å². The average Bonchev–Trinajstić information content (AvgIpc) is 2.59. The highest BCUT2D eigenvalue weighted by molar-refractivity contribution is 14.1. The van der Waals surface area contributed by atoms with Gasteiger partial charge in [-0.25, -0.2) is 0 Å². The van der Waals surface area contributed by atoms with Crippen molar-refractivity contribution in [3.8, 4) is 0 Å². The molecular weight excluding hydrogens is 299 g/mol. The Kier molecular flexibility index (Phi) is 2.50. The SMILES string of the molecule is Ic1ccc2c(c1)NCC1CCCC1N2. The van der Waals surface area contributed by atoms with Crippen LogP contribution in [-0.4, -0.2) is 12.6 Å². The molecule has 0 amide bonds. The molecule has 1 aliphatic carbocycles. The molecule has 1 saturated carbocycles. The third-order valence-electron chi connectivity index (χ3n) is 3.54. The van der Waals surface area contributed by atoms with Gasteiger partial charge in [0.15, 0.2) is 0 Å². The standard InChI is InChI=1S/C12H15IN2/c13-9-4-5-11-12(6-9)14-7-8-2-1-3-10(8)15-11/h4-6,8,10,14-15H,1-3,7H2. The molecule has 2 nitrogen and oxygen atoms in total. The van der Waals surface area contributed by atoms with Crippen molar-refractivity contribution in [3.63, 3.8) is 0 Å². The van der Waals surface area contributed by atoms with Gasteiger partial charge in [-0.2, -0.15) is 0 Å². The minimum Gasteiger partial charge on any atom is -0.383 e. The number of nitrogens with one attached hydrogen (secondary N) is 2. The lowest BCUT2D eigenvalue weighted by atomic mass is 10.0. The zero-order valence-electron chi connectivity index (χ0n) is 8.59.